The number of likely N-dealkylation sites (tertiary alicyclic amines) is 1. The van der Waals surface area contributed by atoms with Gasteiger partial charge < -0.3 is 10.2 Å². The number of aryl methyl sites for hydroxylation is 1. The molecule has 0 saturated carbocycles. The van der Waals surface area contributed by atoms with Crippen molar-refractivity contribution in [2.45, 2.75) is 37.5 Å². The van der Waals surface area contributed by atoms with E-state index in [0.717, 1.165) is 5.92 Å². The van der Waals surface area contributed by atoms with E-state index < -0.39 is 0 Å². The first-order valence-corrected chi connectivity index (χ1v) is 9.41. The summed E-state index contributed by atoms with van der Waals surface area (Å²) in [5.74, 6) is 1.44. The van der Waals surface area contributed by atoms with Gasteiger partial charge in [0.05, 0.1) is 0 Å². The van der Waals surface area contributed by atoms with Crippen LogP contribution in [0.25, 0.3) is 0 Å². The Hall–Kier alpha value is -1.80. The zero-order valence-corrected chi connectivity index (χ0v) is 14.7. The third-order valence-corrected chi connectivity index (χ3v) is 5.89. The number of hydrogen-bond acceptors (Lipinski definition) is 2. The second kappa shape index (κ2) is 6.98. The van der Waals surface area contributed by atoms with Crippen LogP contribution in [-0.2, 0) is 6.42 Å². The zero-order valence-electron chi connectivity index (χ0n) is 14.7. The predicted molar refractivity (Wildman–Crippen MR) is 102 cm³/mol. The van der Waals surface area contributed by atoms with Crippen LogP contribution in [0.15, 0.2) is 48.5 Å². The minimum Gasteiger partial charge on any atom is -0.388 e. The Labute approximate surface area is 145 Å². The van der Waals surface area contributed by atoms with Gasteiger partial charge in [0.15, 0.2) is 0 Å². The highest BCUT2D eigenvalue weighted by Crippen LogP contribution is 2.36. The van der Waals surface area contributed by atoms with E-state index in [-0.39, 0.29) is 0 Å². The van der Waals surface area contributed by atoms with Crippen LogP contribution in [0.3, 0.4) is 0 Å². The maximum Gasteiger partial charge on any atom is 0.0340 e. The van der Waals surface area contributed by atoms with Gasteiger partial charge >= 0.3 is 0 Å². The van der Waals surface area contributed by atoms with Gasteiger partial charge in [-0.1, -0.05) is 36.4 Å². The van der Waals surface area contributed by atoms with Crippen LogP contribution in [0.4, 0.5) is 5.69 Å². The molecule has 2 aliphatic rings. The minimum atomic E-state index is 0.717. The van der Waals surface area contributed by atoms with Gasteiger partial charge in [-0.2, -0.15) is 0 Å². The van der Waals surface area contributed by atoms with Crippen LogP contribution < -0.4 is 5.32 Å². The molecule has 1 fully saturated rings. The third-order valence-electron chi connectivity index (χ3n) is 5.89. The van der Waals surface area contributed by atoms with Crippen molar-refractivity contribution >= 4 is 5.69 Å². The van der Waals surface area contributed by atoms with E-state index in [1.54, 1.807) is 11.1 Å². The molecular weight excluding hydrogens is 292 g/mol. The third kappa shape index (κ3) is 3.21. The molecule has 1 aliphatic carbocycles. The lowest BCUT2D eigenvalue weighted by atomic mass is 9.82. The molecule has 0 amide bonds. The largest absolute Gasteiger partial charge is 0.388 e. The standard InChI is InChI=1S/C22H28N2/c1-23-21-10-11-22-18(14-21)8-5-9-20(22)16-24-13-12-19(15-24)17-6-3-2-4-7-17/h2-4,6-7,10-11,14,19-20,23H,5,8-9,12-13,15-16H2,1H3. The first-order chi connectivity index (χ1) is 11.8. The summed E-state index contributed by atoms with van der Waals surface area (Å²) in [7, 11) is 2.01. The molecule has 1 N–H and O–H groups in total. The summed E-state index contributed by atoms with van der Waals surface area (Å²) in [4.78, 5) is 2.70. The fourth-order valence-corrected chi connectivity index (χ4v) is 4.57. The zero-order chi connectivity index (χ0) is 16.4. The molecule has 1 heterocycles. The Balaban J connectivity index is 1.44. The van der Waals surface area contributed by atoms with Crippen molar-refractivity contribution in [2.75, 3.05) is 32.0 Å². The average Bonchev–Trinajstić information content (AvgIpc) is 3.11. The Morgan fingerprint density at radius 3 is 2.79 bits per heavy atom. The second-order valence-corrected chi connectivity index (χ2v) is 7.41. The monoisotopic (exact) mass is 320 g/mol. The van der Waals surface area contributed by atoms with E-state index in [9.17, 15) is 0 Å². The first kappa shape index (κ1) is 15.7. The summed E-state index contributed by atoms with van der Waals surface area (Å²) in [6.07, 6.45) is 5.23. The Morgan fingerprint density at radius 1 is 1.08 bits per heavy atom. The van der Waals surface area contributed by atoms with Crippen LogP contribution in [0.5, 0.6) is 0 Å². The summed E-state index contributed by atoms with van der Waals surface area (Å²) in [5, 5.41) is 3.28. The topological polar surface area (TPSA) is 15.3 Å². The molecule has 2 nitrogen and oxygen atoms in total. The number of hydrogen-bond donors (Lipinski definition) is 1. The van der Waals surface area contributed by atoms with Crippen molar-refractivity contribution in [3.63, 3.8) is 0 Å². The Morgan fingerprint density at radius 2 is 1.96 bits per heavy atom. The number of nitrogens with zero attached hydrogens (tertiary/aromatic N) is 1. The molecule has 4 rings (SSSR count). The summed E-state index contributed by atoms with van der Waals surface area (Å²) >= 11 is 0. The molecule has 2 atom stereocenters. The van der Waals surface area contributed by atoms with Crippen LogP contribution in [0.1, 0.15) is 47.8 Å². The molecular formula is C22H28N2. The van der Waals surface area contributed by atoms with Gasteiger partial charge in [0.1, 0.15) is 0 Å². The molecule has 0 radical (unpaired) electrons. The van der Waals surface area contributed by atoms with Gasteiger partial charge in [-0.3, -0.25) is 0 Å². The van der Waals surface area contributed by atoms with Crippen LogP contribution in [0.2, 0.25) is 0 Å². The normalized spacial score (nSPS) is 23.9. The van der Waals surface area contributed by atoms with Crippen molar-refractivity contribution in [3.05, 3.63) is 65.2 Å². The number of nitrogens with one attached hydrogen (secondary N) is 1. The van der Waals surface area contributed by atoms with Crippen molar-refractivity contribution in [3.8, 4) is 0 Å². The maximum absolute atomic E-state index is 3.28. The Bertz CT molecular complexity index is 680. The lowest BCUT2D eigenvalue weighted by Gasteiger charge is -2.30. The smallest absolute Gasteiger partial charge is 0.0340 e. The van der Waals surface area contributed by atoms with Crippen LogP contribution in [0, 0.1) is 0 Å². The summed E-state index contributed by atoms with van der Waals surface area (Å²) in [6.45, 7) is 3.71. The van der Waals surface area contributed by atoms with E-state index in [4.69, 9.17) is 0 Å². The van der Waals surface area contributed by atoms with Crippen molar-refractivity contribution in [1.82, 2.24) is 4.90 Å². The highest BCUT2D eigenvalue weighted by atomic mass is 15.1. The van der Waals surface area contributed by atoms with Crippen LogP contribution >= 0.6 is 0 Å². The number of rotatable bonds is 4. The predicted octanol–water partition coefficient (Wildman–Crippen LogP) is 4.64. The average molecular weight is 320 g/mol. The molecule has 0 spiro atoms. The quantitative estimate of drug-likeness (QED) is 0.883. The van der Waals surface area contributed by atoms with Gasteiger partial charge in [-0.15, -0.1) is 0 Å². The van der Waals surface area contributed by atoms with Gasteiger partial charge in [-0.05, 0) is 72.9 Å². The van der Waals surface area contributed by atoms with Crippen molar-refractivity contribution in [1.29, 1.82) is 0 Å². The van der Waals surface area contributed by atoms with E-state index in [2.05, 4.69) is 58.7 Å². The highest BCUT2D eigenvalue weighted by Gasteiger charge is 2.28. The van der Waals surface area contributed by atoms with E-state index in [1.807, 2.05) is 7.05 Å². The lowest BCUT2D eigenvalue weighted by molar-refractivity contribution is 0.297. The SMILES string of the molecule is CNc1ccc2c(c1)CCCC2CN1CCC(c2ccccc2)C1. The number of benzene rings is 2. The van der Waals surface area contributed by atoms with Crippen molar-refractivity contribution in [2.24, 2.45) is 0 Å². The molecule has 2 unspecified atom stereocenters. The van der Waals surface area contributed by atoms with Gasteiger partial charge in [0, 0.05) is 25.8 Å². The van der Waals surface area contributed by atoms with Gasteiger partial charge in [0.2, 0.25) is 0 Å². The van der Waals surface area contributed by atoms with Gasteiger partial charge in [-0.25, -0.2) is 0 Å². The van der Waals surface area contributed by atoms with Crippen LogP contribution in [-0.4, -0.2) is 31.6 Å². The number of fused-ring (bicyclic) bond motifs is 1. The molecule has 2 heteroatoms. The molecule has 1 saturated heterocycles. The second-order valence-electron chi connectivity index (χ2n) is 7.41. The molecule has 0 aromatic heterocycles. The highest BCUT2D eigenvalue weighted by molar-refractivity contribution is 5.50. The van der Waals surface area contributed by atoms with E-state index >= 15 is 0 Å². The first-order valence-electron chi connectivity index (χ1n) is 9.41. The molecule has 1 aliphatic heterocycles. The lowest BCUT2D eigenvalue weighted by Crippen LogP contribution is -2.28. The minimum absolute atomic E-state index is 0.717. The number of anilines is 1. The van der Waals surface area contributed by atoms with E-state index in [1.165, 1.54) is 56.6 Å². The fourth-order valence-electron chi connectivity index (χ4n) is 4.57. The molecule has 126 valence electrons. The Kier molecular flexibility index (Phi) is 4.57. The maximum atomic E-state index is 3.28. The van der Waals surface area contributed by atoms with E-state index in [0.29, 0.717) is 5.92 Å². The molecule has 2 aromatic rings. The molecule has 0 bridgehead atoms. The fraction of sp³-hybridized carbons (Fsp3) is 0.455. The molecule has 2 aromatic carbocycles. The molecule has 24 heavy (non-hydrogen) atoms. The summed E-state index contributed by atoms with van der Waals surface area (Å²) in [5.41, 5.74) is 5.93. The summed E-state index contributed by atoms with van der Waals surface area (Å²) in [6, 6.07) is 18.0. The van der Waals surface area contributed by atoms with Gasteiger partial charge in [0.25, 0.3) is 0 Å². The summed E-state index contributed by atoms with van der Waals surface area (Å²) < 4.78 is 0. The van der Waals surface area contributed by atoms with Crippen molar-refractivity contribution < 1.29 is 0 Å².